The summed E-state index contributed by atoms with van der Waals surface area (Å²) in [5.41, 5.74) is 9.33. The number of rotatable bonds is 3. The molecule has 0 amide bonds. The second kappa shape index (κ2) is 4.60. The lowest BCUT2D eigenvalue weighted by atomic mass is 10.0. The van der Waals surface area contributed by atoms with Gasteiger partial charge in [-0.3, -0.25) is 0 Å². The molecule has 0 fully saturated rings. The van der Waals surface area contributed by atoms with Gasteiger partial charge in [0.25, 0.3) is 0 Å². The van der Waals surface area contributed by atoms with Crippen LogP contribution in [0.4, 0.5) is 0 Å². The summed E-state index contributed by atoms with van der Waals surface area (Å²) in [7, 11) is 0. The van der Waals surface area contributed by atoms with Crippen LogP contribution in [-0.4, -0.2) is 11.5 Å². The van der Waals surface area contributed by atoms with Gasteiger partial charge in [0.2, 0.25) is 0 Å². The Morgan fingerprint density at radius 2 is 2.12 bits per heavy atom. The largest absolute Gasteiger partial charge is 0.357 e. The van der Waals surface area contributed by atoms with E-state index in [1.54, 1.807) is 0 Å². The normalized spacial score (nSPS) is 11.6. The van der Waals surface area contributed by atoms with Gasteiger partial charge in [0.15, 0.2) is 0 Å². The average molecular weight is 281 g/mol. The fourth-order valence-corrected chi connectivity index (χ4v) is 2.53. The molecule has 3 N–H and O–H groups in total. The van der Waals surface area contributed by atoms with Crippen molar-refractivity contribution in [2.24, 2.45) is 5.73 Å². The Hall–Kier alpha value is -0.800. The molecule has 0 aliphatic heterocycles. The zero-order valence-corrected chi connectivity index (χ0v) is 11.3. The molecule has 0 saturated carbocycles. The zero-order valence-electron chi connectivity index (χ0n) is 9.68. The third-order valence-corrected chi connectivity index (χ3v) is 3.80. The zero-order chi connectivity index (χ0) is 11.7. The van der Waals surface area contributed by atoms with E-state index < -0.39 is 0 Å². The maximum absolute atomic E-state index is 5.59. The molecule has 0 saturated heterocycles. The Morgan fingerprint density at radius 3 is 2.75 bits per heavy atom. The summed E-state index contributed by atoms with van der Waals surface area (Å²) >= 11 is 3.65. The number of hydrogen-bond acceptors (Lipinski definition) is 1. The molecule has 0 aliphatic rings. The maximum Gasteiger partial charge on any atom is 0.0468 e. The summed E-state index contributed by atoms with van der Waals surface area (Å²) < 4.78 is 1.16. The van der Waals surface area contributed by atoms with Crippen LogP contribution in [0.2, 0.25) is 0 Å². The Morgan fingerprint density at radius 1 is 1.38 bits per heavy atom. The van der Waals surface area contributed by atoms with E-state index in [2.05, 4.69) is 53.0 Å². The van der Waals surface area contributed by atoms with E-state index in [0.717, 1.165) is 10.9 Å². The molecule has 16 heavy (non-hydrogen) atoms. The van der Waals surface area contributed by atoms with Crippen LogP contribution in [0.15, 0.2) is 22.7 Å². The third-order valence-electron chi connectivity index (χ3n) is 2.89. The predicted octanol–water partition coefficient (Wildman–Crippen LogP) is 3.56. The molecule has 2 aromatic rings. The number of aromatic amines is 1. The van der Waals surface area contributed by atoms with Gasteiger partial charge in [-0.15, -0.1) is 0 Å². The first-order chi connectivity index (χ1) is 7.63. The maximum atomic E-state index is 5.59. The molecule has 2 nitrogen and oxygen atoms in total. The van der Waals surface area contributed by atoms with Gasteiger partial charge in [-0.2, -0.15) is 0 Å². The molecule has 1 aromatic carbocycles. The minimum absolute atomic E-state index is 0.559. The molecule has 0 aliphatic carbocycles. The summed E-state index contributed by atoms with van der Waals surface area (Å²) in [5, 5.41) is 1.26. The smallest absolute Gasteiger partial charge is 0.0468 e. The van der Waals surface area contributed by atoms with Crippen molar-refractivity contribution in [2.75, 3.05) is 6.54 Å². The Kier molecular flexibility index (Phi) is 3.36. The molecular weight excluding hydrogens is 264 g/mol. The highest BCUT2D eigenvalue weighted by atomic mass is 79.9. The predicted molar refractivity (Wildman–Crippen MR) is 72.8 cm³/mol. The van der Waals surface area contributed by atoms with Crippen LogP contribution in [0.1, 0.15) is 31.0 Å². The van der Waals surface area contributed by atoms with Crippen molar-refractivity contribution < 1.29 is 0 Å². The highest BCUT2D eigenvalue weighted by molar-refractivity contribution is 9.10. The fourth-order valence-electron chi connectivity index (χ4n) is 1.91. The minimum atomic E-state index is 0.559. The standard InChI is InChI=1S/C13H17BrN2/c1-8(2)9-3-4-11-10(7-9)13(14)12(16-11)5-6-15/h3-4,7-8,16H,5-6,15H2,1-2H3. The second-order valence-electron chi connectivity index (χ2n) is 4.42. The number of nitrogens with two attached hydrogens (primary N) is 1. The summed E-state index contributed by atoms with van der Waals surface area (Å²) in [5.74, 6) is 0.559. The molecule has 1 heterocycles. The SMILES string of the molecule is CC(C)c1ccc2[nH]c(CCN)c(Br)c2c1. The lowest BCUT2D eigenvalue weighted by Gasteiger charge is -2.04. The quantitative estimate of drug-likeness (QED) is 0.887. The average Bonchev–Trinajstić information content (AvgIpc) is 2.56. The van der Waals surface area contributed by atoms with Crippen LogP contribution in [0.3, 0.4) is 0 Å². The monoisotopic (exact) mass is 280 g/mol. The number of H-pyrrole nitrogens is 1. The van der Waals surface area contributed by atoms with Gasteiger partial charge in [-0.1, -0.05) is 19.9 Å². The van der Waals surface area contributed by atoms with Crippen molar-refractivity contribution >= 4 is 26.8 Å². The molecule has 86 valence electrons. The number of fused-ring (bicyclic) bond motifs is 1. The molecule has 3 heteroatoms. The number of aromatic nitrogens is 1. The van der Waals surface area contributed by atoms with Gasteiger partial charge in [0.1, 0.15) is 0 Å². The van der Waals surface area contributed by atoms with E-state index in [1.165, 1.54) is 22.2 Å². The van der Waals surface area contributed by atoms with Crippen molar-refractivity contribution in [1.29, 1.82) is 0 Å². The summed E-state index contributed by atoms with van der Waals surface area (Å²) in [6, 6.07) is 6.58. The highest BCUT2D eigenvalue weighted by Gasteiger charge is 2.09. The Bertz CT molecular complexity index is 500. The number of hydrogen-bond donors (Lipinski definition) is 2. The van der Waals surface area contributed by atoms with E-state index in [-0.39, 0.29) is 0 Å². The molecule has 0 unspecified atom stereocenters. The van der Waals surface area contributed by atoms with Crippen LogP contribution in [0.5, 0.6) is 0 Å². The Balaban J connectivity index is 2.55. The lowest BCUT2D eigenvalue weighted by Crippen LogP contribution is -2.03. The molecule has 0 atom stereocenters. The summed E-state index contributed by atoms with van der Waals surface area (Å²) in [6.07, 6.45) is 0.881. The van der Waals surface area contributed by atoms with Crippen LogP contribution >= 0.6 is 15.9 Å². The molecule has 0 bridgehead atoms. The van der Waals surface area contributed by atoms with Crippen molar-refractivity contribution in [2.45, 2.75) is 26.2 Å². The van der Waals surface area contributed by atoms with E-state index in [0.29, 0.717) is 12.5 Å². The van der Waals surface area contributed by atoms with E-state index in [1.807, 2.05) is 0 Å². The van der Waals surface area contributed by atoms with Gasteiger partial charge in [-0.25, -0.2) is 0 Å². The van der Waals surface area contributed by atoms with E-state index in [4.69, 9.17) is 5.73 Å². The van der Waals surface area contributed by atoms with Gasteiger partial charge in [0.05, 0.1) is 0 Å². The van der Waals surface area contributed by atoms with Crippen LogP contribution < -0.4 is 5.73 Å². The molecule has 2 rings (SSSR count). The number of halogens is 1. The first-order valence-corrected chi connectivity index (χ1v) is 6.43. The Labute approximate surface area is 104 Å². The van der Waals surface area contributed by atoms with Gasteiger partial charge in [0, 0.05) is 27.5 Å². The number of benzene rings is 1. The van der Waals surface area contributed by atoms with Crippen molar-refractivity contribution in [3.8, 4) is 0 Å². The lowest BCUT2D eigenvalue weighted by molar-refractivity contribution is 0.869. The van der Waals surface area contributed by atoms with Crippen molar-refractivity contribution in [3.05, 3.63) is 33.9 Å². The summed E-state index contributed by atoms with van der Waals surface area (Å²) in [4.78, 5) is 3.40. The highest BCUT2D eigenvalue weighted by Crippen LogP contribution is 2.30. The van der Waals surface area contributed by atoms with Crippen LogP contribution in [0, 0.1) is 0 Å². The molecular formula is C13H17BrN2. The van der Waals surface area contributed by atoms with E-state index >= 15 is 0 Å². The van der Waals surface area contributed by atoms with Crippen LogP contribution in [-0.2, 0) is 6.42 Å². The van der Waals surface area contributed by atoms with Gasteiger partial charge < -0.3 is 10.7 Å². The number of nitrogens with one attached hydrogen (secondary N) is 1. The van der Waals surface area contributed by atoms with Crippen molar-refractivity contribution in [1.82, 2.24) is 4.98 Å². The van der Waals surface area contributed by atoms with Gasteiger partial charge >= 0.3 is 0 Å². The van der Waals surface area contributed by atoms with Crippen molar-refractivity contribution in [3.63, 3.8) is 0 Å². The molecule has 0 spiro atoms. The minimum Gasteiger partial charge on any atom is -0.357 e. The fraction of sp³-hybridized carbons (Fsp3) is 0.385. The summed E-state index contributed by atoms with van der Waals surface area (Å²) in [6.45, 7) is 5.09. The third kappa shape index (κ3) is 2.02. The van der Waals surface area contributed by atoms with Crippen LogP contribution in [0.25, 0.3) is 10.9 Å². The topological polar surface area (TPSA) is 41.8 Å². The first kappa shape index (κ1) is 11.7. The molecule has 1 aromatic heterocycles. The van der Waals surface area contributed by atoms with E-state index in [9.17, 15) is 0 Å². The first-order valence-electron chi connectivity index (χ1n) is 5.63. The van der Waals surface area contributed by atoms with Gasteiger partial charge in [-0.05, 0) is 46.1 Å². The second-order valence-corrected chi connectivity index (χ2v) is 5.21. The molecule has 0 radical (unpaired) electrons.